The Morgan fingerprint density at radius 3 is 3.08 bits per heavy atom. The maximum Gasteiger partial charge on any atom is 0.0945 e. The quantitative estimate of drug-likeness (QED) is 0.680. The summed E-state index contributed by atoms with van der Waals surface area (Å²) in [5, 5.41) is 2.01. The molecule has 2 heterocycles. The Labute approximate surface area is 78.1 Å². The van der Waals surface area contributed by atoms with Crippen LogP contribution in [0.3, 0.4) is 0 Å². The lowest BCUT2D eigenvalue weighted by Crippen LogP contribution is -2.30. The van der Waals surface area contributed by atoms with Crippen molar-refractivity contribution in [2.24, 2.45) is 7.05 Å². The van der Waals surface area contributed by atoms with Crippen molar-refractivity contribution >= 4 is 0 Å². The molecule has 1 fully saturated rings. The summed E-state index contributed by atoms with van der Waals surface area (Å²) in [4.78, 5) is 9.57. The van der Waals surface area contributed by atoms with E-state index in [0.717, 1.165) is 19.7 Å². The van der Waals surface area contributed by atoms with Gasteiger partial charge in [0.1, 0.15) is 0 Å². The Bertz CT molecular complexity index is 266. The van der Waals surface area contributed by atoms with Gasteiger partial charge in [-0.2, -0.15) is 5.06 Å². The van der Waals surface area contributed by atoms with E-state index in [2.05, 4.69) is 4.98 Å². The third-order valence-corrected chi connectivity index (χ3v) is 2.33. The zero-order chi connectivity index (χ0) is 9.10. The summed E-state index contributed by atoms with van der Waals surface area (Å²) in [6, 6.07) is 0. The van der Waals surface area contributed by atoms with Gasteiger partial charge in [0.05, 0.1) is 25.2 Å². The third-order valence-electron chi connectivity index (χ3n) is 2.33. The molecule has 1 aliphatic rings. The summed E-state index contributed by atoms with van der Waals surface area (Å²) >= 11 is 0. The highest BCUT2D eigenvalue weighted by molar-refractivity contribution is 4.96. The van der Waals surface area contributed by atoms with Gasteiger partial charge in [0.25, 0.3) is 0 Å². The Morgan fingerprint density at radius 1 is 1.54 bits per heavy atom. The molecule has 4 heteroatoms. The van der Waals surface area contributed by atoms with E-state index in [9.17, 15) is 0 Å². The largest absolute Gasteiger partial charge is 0.336 e. The van der Waals surface area contributed by atoms with Crippen LogP contribution in [-0.4, -0.2) is 27.8 Å². The molecule has 1 aliphatic heterocycles. The minimum Gasteiger partial charge on any atom is -0.336 e. The minimum absolute atomic E-state index is 0.844. The first-order valence-electron chi connectivity index (χ1n) is 4.69. The first-order chi connectivity index (χ1) is 6.36. The molecule has 0 bridgehead atoms. The minimum atomic E-state index is 0.844. The second kappa shape index (κ2) is 3.89. The molecule has 2 rings (SSSR count). The zero-order valence-electron chi connectivity index (χ0n) is 7.94. The van der Waals surface area contributed by atoms with Crippen molar-refractivity contribution in [3.8, 4) is 0 Å². The van der Waals surface area contributed by atoms with E-state index in [1.165, 1.54) is 18.5 Å². The van der Waals surface area contributed by atoms with Crippen LogP contribution in [0.4, 0.5) is 0 Å². The monoisotopic (exact) mass is 181 g/mol. The van der Waals surface area contributed by atoms with Crippen LogP contribution in [0.1, 0.15) is 18.5 Å². The van der Waals surface area contributed by atoms with Gasteiger partial charge in [0, 0.05) is 19.8 Å². The molecule has 0 radical (unpaired) electrons. The number of hydroxylamine groups is 2. The van der Waals surface area contributed by atoms with Crippen LogP contribution < -0.4 is 0 Å². The van der Waals surface area contributed by atoms with Crippen molar-refractivity contribution in [2.45, 2.75) is 19.4 Å². The average molecular weight is 181 g/mol. The second-order valence-corrected chi connectivity index (χ2v) is 3.40. The van der Waals surface area contributed by atoms with Gasteiger partial charge in [-0.15, -0.1) is 0 Å². The van der Waals surface area contributed by atoms with E-state index in [0.29, 0.717) is 0 Å². The highest BCUT2D eigenvalue weighted by atomic mass is 16.7. The maximum atomic E-state index is 5.50. The molecular formula is C9H15N3O. The third kappa shape index (κ3) is 2.08. The van der Waals surface area contributed by atoms with Gasteiger partial charge in [0.2, 0.25) is 0 Å². The zero-order valence-corrected chi connectivity index (χ0v) is 7.94. The fraction of sp³-hybridized carbons (Fsp3) is 0.667. The molecule has 0 unspecified atom stereocenters. The topological polar surface area (TPSA) is 30.3 Å². The summed E-state index contributed by atoms with van der Waals surface area (Å²) in [6.07, 6.45) is 6.12. The lowest BCUT2D eigenvalue weighted by atomic mass is 10.3. The predicted octanol–water partition coefficient (Wildman–Crippen LogP) is 0.947. The summed E-state index contributed by atoms with van der Waals surface area (Å²) in [7, 11) is 2.01. The van der Waals surface area contributed by atoms with Crippen molar-refractivity contribution in [2.75, 3.05) is 13.2 Å². The number of imidazole rings is 1. The van der Waals surface area contributed by atoms with Crippen LogP contribution in [0.2, 0.25) is 0 Å². The molecule has 0 atom stereocenters. The lowest BCUT2D eigenvalue weighted by molar-refractivity contribution is -0.188. The van der Waals surface area contributed by atoms with Crippen LogP contribution in [-0.2, 0) is 18.4 Å². The number of nitrogens with zero attached hydrogens (tertiary/aromatic N) is 3. The van der Waals surface area contributed by atoms with Gasteiger partial charge >= 0.3 is 0 Å². The highest BCUT2D eigenvalue weighted by Gasteiger charge is 2.12. The molecule has 0 saturated carbocycles. The summed E-state index contributed by atoms with van der Waals surface area (Å²) in [5.74, 6) is 0. The SMILES string of the molecule is Cn1cncc1CN1CCCCO1. The summed E-state index contributed by atoms with van der Waals surface area (Å²) in [5.41, 5.74) is 1.20. The number of hydrogen-bond donors (Lipinski definition) is 0. The predicted molar refractivity (Wildman–Crippen MR) is 48.8 cm³/mol. The van der Waals surface area contributed by atoms with Crippen molar-refractivity contribution in [3.63, 3.8) is 0 Å². The van der Waals surface area contributed by atoms with Crippen LogP contribution in [0.15, 0.2) is 12.5 Å². The lowest BCUT2D eigenvalue weighted by Gasteiger charge is -2.25. The van der Waals surface area contributed by atoms with Crippen LogP contribution in [0.5, 0.6) is 0 Å². The van der Waals surface area contributed by atoms with E-state index in [-0.39, 0.29) is 0 Å². The molecule has 0 amide bonds. The highest BCUT2D eigenvalue weighted by Crippen LogP contribution is 2.10. The fourth-order valence-corrected chi connectivity index (χ4v) is 1.49. The smallest absolute Gasteiger partial charge is 0.0945 e. The molecule has 4 nitrogen and oxygen atoms in total. The maximum absolute atomic E-state index is 5.50. The van der Waals surface area contributed by atoms with E-state index in [1.54, 1.807) is 0 Å². The Hall–Kier alpha value is -0.870. The van der Waals surface area contributed by atoms with Gasteiger partial charge in [0.15, 0.2) is 0 Å². The van der Waals surface area contributed by atoms with Crippen molar-refractivity contribution in [3.05, 3.63) is 18.2 Å². The van der Waals surface area contributed by atoms with Gasteiger partial charge in [-0.25, -0.2) is 4.98 Å². The van der Waals surface area contributed by atoms with Crippen LogP contribution in [0, 0.1) is 0 Å². The van der Waals surface area contributed by atoms with Crippen LogP contribution >= 0.6 is 0 Å². The number of hydrogen-bond acceptors (Lipinski definition) is 3. The Morgan fingerprint density at radius 2 is 2.46 bits per heavy atom. The summed E-state index contributed by atoms with van der Waals surface area (Å²) < 4.78 is 2.03. The number of aromatic nitrogens is 2. The standard InChI is InChI=1S/C9H15N3O/c1-11-8-10-6-9(11)7-12-4-2-3-5-13-12/h6,8H,2-5,7H2,1H3. The van der Waals surface area contributed by atoms with Crippen molar-refractivity contribution < 1.29 is 4.84 Å². The molecule has 1 aromatic rings. The Balaban J connectivity index is 1.93. The molecule has 72 valence electrons. The molecule has 0 N–H and O–H groups in total. The molecule has 0 spiro atoms. The van der Waals surface area contributed by atoms with Crippen molar-refractivity contribution in [1.82, 2.24) is 14.6 Å². The van der Waals surface area contributed by atoms with Gasteiger partial charge in [-0.1, -0.05) is 0 Å². The summed E-state index contributed by atoms with van der Waals surface area (Å²) in [6.45, 7) is 2.74. The number of aryl methyl sites for hydroxylation is 1. The van der Waals surface area contributed by atoms with Crippen molar-refractivity contribution in [1.29, 1.82) is 0 Å². The fourth-order valence-electron chi connectivity index (χ4n) is 1.49. The van der Waals surface area contributed by atoms with Crippen LogP contribution in [0.25, 0.3) is 0 Å². The number of rotatable bonds is 2. The van der Waals surface area contributed by atoms with E-state index < -0.39 is 0 Å². The molecule has 1 saturated heterocycles. The molecule has 13 heavy (non-hydrogen) atoms. The van der Waals surface area contributed by atoms with E-state index in [1.807, 2.05) is 29.2 Å². The average Bonchev–Trinajstić information content (AvgIpc) is 2.54. The molecular weight excluding hydrogens is 166 g/mol. The van der Waals surface area contributed by atoms with Gasteiger partial charge in [-0.3, -0.25) is 4.84 Å². The normalized spacial score (nSPS) is 19.2. The first-order valence-corrected chi connectivity index (χ1v) is 4.69. The Kier molecular flexibility index (Phi) is 2.61. The molecule has 0 aliphatic carbocycles. The molecule has 1 aromatic heterocycles. The molecule has 0 aromatic carbocycles. The van der Waals surface area contributed by atoms with Gasteiger partial charge < -0.3 is 4.57 Å². The second-order valence-electron chi connectivity index (χ2n) is 3.40. The van der Waals surface area contributed by atoms with Gasteiger partial charge in [-0.05, 0) is 12.8 Å². The first kappa shape index (κ1) is 8.72. The van der Waals surface area contributed by atoms with E-state index >= 15 is 0 Å². The van der Waals surface area contributed by atoms with E-state index in [4.69, 9.17) is 4.84 Å².